The van der Waals surface area contributed by atoms with Gasteiger partial charge in [-0.25, -0.2) is 13.2 Å². The largest absolute Gasteiger partial charge is 0.489 e. The highest BCUT2D eigenvalue weighted by Gasteiger charge is 2.29. The van der Waals surface area contributed by atoms with Gasteiger partial charge in [0.15, 0.2) is 9.84 Å². The molecule has 0 aromatic heterocycles. The van der Waals surface area contributed by atoms with Gasteiger partial charge in [0.1, 0.15) is 11.9 Å². The first-order chi connectivity index (χ1) is 8.96. The van der Waals surface area contributed by atoms with E-state index in [-0.39, 0.29) is 17.6 Å². The molecule has 1 N–H and O–H groups in total. The molecular formula is C13H14O5S. The Morgan fingerprint density at radius 2 is 2.11 bits per heavy atom. The number of benzene rings is 1. The minimum absolute atomic E-state index is 0.0178. The van der Waals surface area contributed by atoms with Gasteiger partial charge in [-0.2, -0.15) is 0 Å². The molecule has 1 aliphatic heterocycles. The van der Waals surface area contributed by atoms with Crippen molar-refractivity contribution in [1.82, 2.24) is 0 Å². The van der Waals surface area contributed by atoms with Gasteiger partial charge < -0.3 is 9.84 Å². The van der Waals surface area contributed by atoms with Gasteiger partial charge in [0.2, 0.25) is 0 Å². The predicted molar refractivity (Wildman–Crippen MR) is 70.8 cm³/mol. The molecule has 5 nitrogen and oxygen atoms in total. The number of carboxylic acids is 1. The van der Waals surface area contributed by atoms with Crippen molar-refractivity contribution in [3.8, 4) is 5.75 Å². The Morgan fingerprint density at radius 1 is 1.37 bits per heavy atom. The zero-order valence-electron chi connectivity index (χ0n) is 10.2. The molecule has 19 heavy (non-hydrogen) atoms. The van der Waals surface area contributed by atoms with E-state index in [1.54, 1.807) is 24.3 Å². The molecule has 1 saturated heterocycles. The van der Waals surface area contributed by atoms with Gasteiger partial charge in [0.05, 0.1) is 11.5 Å². The molecule has 0 amide bonds. The van der Waals surface area contributed by atoms with Crippen molar-refractivity contribution in [3.63, 3.8) is 0 Å². The summed E-state index contributed by atoms with van der Waals surface area (Å²) in [6.45, 7) is 0. The monoisotopic (exact) mass is 282 g/mol. The van der Waals surface area contributed by atoms with Crippen molar-refractivity contribution in [2.75, 3.05) is 11.5 Å². The zero-order valence-corrected chi connectivity index (χ0v) is 11.0. The third kappa shape index (κ3) is 3.82. The molecule has 1 atom stereocenters. The molecule has 0 spiro atoms. The fourth-order valence-corrected chi connectivity index (χ4v) is 3.51. The fourth-order valence-electron chi connectivity index (χ4n) is 1.92. The van der Waals surface area contributed by atoms with Gasteiger partial charge in [-0.3, -0.25) is 0 Å². The Labute approximate surface area is 111 Å². The molecule has 2 rings (SSSR count). The minimum atomic E-state index is -2.99. The van der Waals surface area contributed by atoms with Crippen molar-refractivity contribution >= 4 is 21.9 Å². The van der Waals surface area contributed by atoms with E-state index in [1.807, 2.05) is 0 Å². The Bertz CT molecular complexity index is 603. The molecule has 1 fully saturated rings. The summed E-state index contributed by atoms with van der Waals surface area (Å²) in [5, 5.41) is 8.61. The number of ether oxygens (including phenoxy) is 1. The van der Waals surface area contributed by atoms with E-state index in [4.69, 9.17) is 9.84 Å². The zero-order chi connectivity index (χ0) is 13.9. The van der Waals surface area contributed by atoms with Crippen LogP contribution < -0.4 is 4.74 Å². The first kappa shape index (κ1) is 13.6. The molecule has 102 valence electrons. The topological polar surface area (TPSA) is 80.7 Å². The molecule has 0 radical (unpaired) electrons. The maximum atomic E-state index is 11.4. The normalized spacial score (nSPS) is 21.6. The van der Waals surface area contributed by atoms with Crippen LogP contribution in [0.15, 0.2) is 30.3 Å². The molecule has 1 aromatic rings. The number of carbonyl (C=O) groups is 1. The van der Waals surface area contributed by atoms with E-state index >= 15 is 0 Å². The van der Waals surface area contributed by atoms with Gasteiger partial charge in [-0.05, 0) is 18.6 Å². The number of hydrogen-bond donors (Lipinski definition) is 1. The van der Waals surface area contributed by atoms with E-state index < -0.39 is 15.8 Å². The number of hydrogen-bond acceptors (Lipinski definition) is 4. The second-order valence-corrected chi connectivity index (χ2v) is 6.58. The van der Waals surface area contributed by atoms with Crippen LogP contribution in [0.2, 0.25) is 0 Å². The summed E-state index contributed by atoms with van der Waals surface area (Å²) in [4.78, 5) is 10.5. The lowest BCUT2D eigenvalue weighted by Crippen LogP contribution is -2.18. The minimum Gasteiger partial charge on any atom is -0.489 e. The van der Waals surface area contributed by atoms with Crippen LogP contribution in [0.1, 0.15) is 12.0 Å². The molecule has 0 aliphatic carbocycles. The van der Waals surface area contributed by atoms with Gasteiger partial charge in [-0.1, -0.05) is 18.2 Å². The molecular weight excluding hydrogens is 268 g/mol. The average Bonchev–Trinajstić information content (AvgIpc) is 2.67. The quantitative estimate of drug-likeness (QED) is 0.843. The number of sulfone groups is 1. The third-order valence-corrected chi connectivity index (χ3v) is 4.55. The SMILES string of the molecule is O=C(O)/C=C/c1ccccc1OC1CCS(=O)(=O)C1. The van der Waals surface area contributed by atoms with Gasteiger partial charge in [0.25, 0.3) is 0 Å². The van der Waals surface area contributed by atoms with Crippen molar-refractivity contribution in [2.45, 2.75) is 12.5 Å². The first-order valence-corrected chi connectivity index (χ1v) is 7.65. The fraction of sp³-hybridized carbons (Fsp3) is 0.308. The molecule has 0 saturated carbocycles. The maximum Gasteiger partial charge on any atom is 0.328 e. The second-order valence-electron chi connectivity index (χ2n) is 4.35. The smallest absolute Gasteiger partial charge is 0.328 e. The number of aliphatic carboxylic acids is 1. The Hall–Kier alpha value is -1.82. The number of para-hydroxylation sites is 1. The predicted octanol–water partition coefficient (Wildman–Crippen LogP) is 1.35. The Kier molecular flexibility index (Phi) is 3.90. The molecule has 1 aromatic carbocycles. The summed E-state index contributed by atoms with van der Waals surface area (Å²) in [5.41, 5.74) is 0.620. The third-order valence-electron chi connectivity index (χ3n) is 2.81. The van der Waals surface area contributed by atoms with E-state index in [0.717, 1.165) is 6.08 Å². The van der Waals surface area contributed by atoms with Crippen LogP contribution in [0.3, 0.4) is 0 Å². The number of rotatable bonds is 4. The highest BCUT2D eigenvalue weighted by molar-refractivity contribution is 7.91. The summed E-state index contributed by atoms with van der Waals surface area (Å²) < 4.78 is 28.4. The summed E-state index contributed by atoms with van der Waals surface area (Å²) in [6.07, 6.45) is 2.57. The Balaban J connectivity index is 2.14. The first-order valence-electron chi connectivity index (χ1n) is 5.83. The summed E-state index contributed by atoms with van der Waals surface area (Å²) >= 11 is 0. The molecule has 6 heteroatoms. The molecule has 1 unspecified atom stereocenters. The summed E-state index contributed by atoms with van der Waals surface area (Å²) in [5.74, 6) is -0.380. The average molecular weight is 282 g/mol. The van der Waals surface area contributed by atoms with Crippen LogP contribution in [-0.4, -0.2) is 37.1 Å². The number of carboxylic acid groups (broad SMARTS) is 1. The van der Waals surface area contributed by atoms with Crippen LogP contribution in [-0.2, 0) is 14.6 Å². The van der Waals surface area contributed by atoms with Crippen LogP contribution in [0, 0.1) is 0 Å². The second kappa shape index (κ2) is 5.44. The standard InChI is InChI=1S/C13H14O5S/c14-13(15)6-5-10-3-1-2-4-12(10)18-11-7-8-19(16,17)9-11/h1-6,11H,7-9H2,(H,14,15)/b6-5+. The summed E-state index contributed by atoms with van der Waals surface area (Å²) in [7, 11) is -2.99. The van der Waals surface area contributed by atoms with E-state index in [0.29, 0.717) is 17.7 Å². The van der Waals surface area contributed by atoms with Gasteiger partial charge >= 0.3 is 5.97 Å². The highest BCUT2D eigenvalue weighted by Crippen LogP contribution is 2.24. The van der Waals surface area contributed by atoms with E-state index in [9.17, 15) is 13.2 Å². The van der Waals surface area contributed by atoms with Crippen LogP contribution in [0.25, 0.3) is 6.08 Å². The van der Waals surface area contributed by atoms with E-state index in [1.165, 1.54) is 6.08 Å². The maximum absolute atomic E-state index is 11.4. The van der Waals surface area contributed by atoms with Crippen molar-refractivity contribution in [1.29, 1.82) is 0 Å². The van der Waals surface area contributed by atoms with E-state index in [2.05, 4.69) is 0 Å². The molecule has 0 bridgehead atoms. The molecule has 1 aliphatic rings. The highest BCUT2D eigenvalue weighted by atomic mass is 32.2. The Morgan fingerprint density at radius 3 is 2.74 bits per heavy atom. The van der Waals surface area contributed by atoms with Crippen molar-refractivity contribution < 1.29 is 23.1 Å². The lowest BCUT2D eigenvalue weighted by Gasteiger charge is -2.14. The van der Waals surface area contributed by atoms with Crippen LogP contribution in [0.5, 0.6) is 5.75 Å². The van der Waals surface area contributed by atoms with Crippen LogP contribution >= 0.6 is 0 Å². The molecule has 1 heterocycles. The van der Waals surface area contributed by atoms with Crippen molar-refractivity contribution in [3.05, 3.63) is 35.9 Å². The van der Waals surface area contributed by atoms with Crippen molar-refractivity contribution in [2.24, 2.45) is 0 Å². The lowest BCUT2D eigenvalue weighted by molar-refractivity contribution is -0.131. The van der Waals surface area contributed by atoms with Crippen LogP contribution in [0.4, 0.5) is 0 Å². The van der Waals surface area contributed by atoms with Gasteiger partial charge in [-0.15, -0.1) is 0 Å². The lowest BCUT2D eigenvalue weighted by atomic mass is 10.2. The summed E-state index contributed by atoms with van der Waals surface area (Å²) in [6, 6.07) is 6.95. The van der Waals surface area contributed by atoms with Gasteiger partial charge in [0, 0.05) is 11.6 Å².